The van der Waals surface area contributed by atoms with Crippen LogP contribution in [0.5, 0.6) is 0 Å². The number of hydrazone groups is 1. The van der Waals surface area contributed by atoms with Crippen molar-refractivity contribution in [3.8, 4) is 0 Å². The number of carbonyl (C=O) groups is 1. The van der Waals surface area contributed by atoms with Crippen molar-refractivity contribution in [3.05, 3.63) is 40.5 Å². The molecule has 1 N–H and O–H groups in total. The molecule has 0 fully saturated rings. The number of rotatable bonds is 4. The summed E-state index contributed by atoms with van der Waals surface area (Å²) in [5, 5.41) is 7.79. The average Bonchev–Trinajstić information content (AvgIpc) is 2.89. The first kappa shape index (κ1) is 12.6. The van der Waals surface area contributed by atoms with Crippen LogP contribution in [0.25, 0.3) is 0 Å². The van der Waals surface area contributed by atoms with E-state index >= 15 is 0 Å². The zero-order chi connectivity index (χ0) is 13.0. The third kappa shape index (κ3) is 3.30. The van der Waals surface area contributed by atoms with Crippen molar-refractivity contribution in [2.75, 3.05) is 0 Å². The van der Waals surface area contributed by atoms with Crippen LogP contribution in [0.3, 0.4) is 0 Å². The number of nitrogens with zero attached hydrogens (tertiary/aromatic N) is 3. The van der Waals surface area contributed by atoms with Crippen molar-refractivity contribution in [1.82, 2.24) is 15.2 Å². The maximum atomic E-state index is 11.5. The third-order valence-electron chi connectivity index (χ3n) is 2.20. The van der Waals surface area contributed by atoms with Gasteiger partial charge in [-0.1, -0.05) is 0 Å². The zero-order valence-electron chi connectivity index (χ0n) is 9.63. The second-order valence-electron chi connectivity index (χ2n) is 3.57. The number of aromatic nitrogens is 2. The molecule has 0 aliphatic carbocycles. The van der Waals surface area contributed by atoms with Crippen molar-refractivity contribution in [1.29, 1.82) is 0 Å². The quantitative estimate of drug-likeness (QED) is 0.690. The van der Waals surface area contributed by atoms with Gasteiger partial charge in [0.1, 0.15) is 12.3 Å². The van der Waals surface area contributed by atoms with E-state index in [0.29, 0.717) is 10.4 Å². The average molecular weight is 311 g/mol. The summed E-state index contributed by atoms with van der Waals surface area (Å²) >= 11 is 3.17. The van der Waals surface area contributed by atoms with E-state index in [2.05, 4.69) is 31.6 Å². The summed E-state index contributed by atoms with van der Waals surface area (Å²) in [6, 6.07) is 5.31. The van der Waals surface area contributed by atoms with E-state index in [4.69, 9.17) is 4.42 Å². The molecule has 2 aromatic rings. The summed E-state index contributed by atoms with van der Waals surface area (Å²) in [5.41, 5.74) is 3.32. The Balaban J connectivity index is 1.85. The Morgan fingerprint density at radius 2 is 2.44 bits per heavy atom. The van der Waals surface area contributed by atoms with Crippen LogP contribution in [0.2, 0.25) is 0 Å². The summed E-state index contributed by atoms with van der Waals surface area (Å²) in [4.78, 5) is 11.5. The van der Waals surface area contributed by atoms with Crippen molar-refractivity contribution in [2.45, 2.75) is 13.5 Å². The molecule has 18 heavy (non-hydrogen) atoms. The fourth-order valence-electron chi connectivity index (χ4n) is 1.30. The third-order valence-corrected chi connectivity index (χ3v) is 2.62. The number of furan rings is 1. The number of carbonyl (C=O) groups excluding carboxylic acids is 1. The Labute approximate surface area is 112 Å². The van der Waals surface area contributed by atoms with Gasteiger partial charge in [-0.15, -0.1) is 0 Å². The van der Waals surface area contributed by atoms with Crippen molar-refractivity contribution >= 4 is 28.1 Å². The SMILES string of the molecule is Cc1ccnn1CC(=O)N/N=C\c1ccc(Br)o1. The maximum Gasteiger partial charge on any atom is 0.261 e. The molecule has 2 rings (SSSR count). The van der Waals surface area contributed by atoms with Gasteiger partial charge in [-0.3, -0.25) is 9.48 Å². The van der Waals surface area contributed by atoms with Gasteiger partial charge < -0.3 is 4.42 Å². The Kier molecular flexibility index (Phi) is 3.93. The molecule has 0 unspecified atom stereocenters. The normalized spacial score (nSPS) is 11.0. The molecule has 2 heterocycles. The van der Waals surface area contributed by atoms with Gasteiger partial charge in [0, 0.05) is 11.9 Å². The molecule has 1 amide bonds. The van der Waals surface area contributed by atoms with Crippen LogP contribution in [0, 0.1) is 6.92 Å². The monoisotopic (exact) mass is 310 g/mol. The molecule has 0 bridgehead atoms. The summed E-state index contributed by atoms with van der Waals surface area (Å²) in [6.45, 7) is 2.02. The lowest BCUT2D eigenvalue weighted by Crippen LogP contribution is -2.24. The van der Waals surface area contributed by atoms with E-state index in [9.17, 15) is 4.79 Å². The van der Waals surface area contributed by atoms with E-state index < -0.39 is 0 Å². The Bertz CT molecular complexity index is 573. The highest BCUT2D eigenvalue weighted by Gasteiger charge is 2.03. The van der Waals surface area contributed by atoms with E-state index in [1.54, 1.807) is 23.0 Å². The first-order valence-corrected chi connectivity index (χ1v) is 6.00. The van der Waals surface area contributed by atoms with Gasteiger partial charge in [0.05, 0.1) is 6.21 Å². The summed E-state index contributed by atoms with van der Waals surface area (Å²) in [5.74, 6) is 0.307. The molecule has 0 aliphatic rings. The highest BCUT2D eigenvalue weighted by atomic mass is 79.9. The van der Waals surface area contributed by atoms with Crippen LogP contribution in [-0.2, 0) is 11.3 Å². The minimum Gasteiger partial charge on any atom is -0.448 e. The Morgan fingerprint density at radius 3 is 3.06 bits per heavy atom. The number of halogens is 1. The van der Waals surface area contributed by atoms with E-state index in [1.807, 2.05) is 13.0 Å². The predicted octanol–water partition coefficient (Wildman–Crippen LogP) is 1.70. The predicted molar refractivity (Wildman–Crippen MR) is 69.1 cm³/mol. The fourth-order valence-corrected chi connectivity index (χ4v) is 1.62. The van der Waals surface area contributed by atoms with E-state index in [1.165, 1.54) is 6.21 Å². The molecule has 0 aromatic carbocycles. The minimum atomic E-state index is -0.247. The second kappa shape index (κ2) is 5.63. The number of hydrogen-bond donors (Lipinski definition) is 1. The number of aryl methyl sites for hydroxylation is 1. The lowest BCUT2D eigenvalue weighted by molar-refractivity contribution is -0.121. The van der Waals surface area contributed by atoms with Gasteiger partial charge in [-0.25, -0.2) is 5.43 Å². The first-order valence-electron chi connectivity index (χ1n) is 5.21. The van der Waals surface area contributed by atoms with E-state index in [0.717, 1.165) is 5.69 Å². The van der Waals surface area contributed by atoms with Gasteiger partial charge in [0.25, 0.3) is 5.91 Å². The molecule has 6 nitrogen and oxygen atoms in total. The lowest BCUT2D eigenvalue weighted by Gasteiger charge is -2.02. The minimum absolute atomic E-state index is 0.137. The van der Waals surface area contributed by atoms with Crippen LogP contribution in [0.15, 0.2) is 38.6 Å². The highest BCUT2D eigenvalue weighted by Crippen LogP contribution is 2.11. The number of nitrogens with one attached hydrogen (secondary N) is 1. The van der Waals surface area contributed by atoms with Crippen LogP contribution in [0.4, 0.5) is 0 Å². The van der Waals surface area contributed by atoms with Crippen molar-refractivity contribution in [2.24, 2.45) is 5.10 Å². The Hall–Kier alpha value is -1.89. The first-order chi connectivity index (χ1) is 8.65. The smallest absolute Gasteiger partial charge is 0.261 e. The topological polar surface area (TPSA) is 72.4 Å². The summed E-state index contributed by atoms with van der Waals surface area (Å²) in [7, 11) is 0. The number of hydrogen-bond acceptors (Lipinski definition) is 4. The molecule has 0 saturated heterocycles. The molecule has 2 aromatic heterocycles. The molecule has 0 saturated carbocycles. The lowest BCUT2D eigenvalue weighted by atomic mass is 10.5. The van der Waals surface area contributed by atoms with Gasteiger partial charge in [0.15, 0.2) is 4.67 Å². The van der Waals surface area contributed by atoms with Crippen LogP contribution >= 0.6 is 15.9 Å². The van der Waals surface area contributed by atoms with Crippen LogP contribution in [0.1, 0.15) is 11.5 Å². The molecule has 0 aliphatic heterocycles. The summed E-state index contributed by atoms with van der Waals surface area (Å²) < 4.78 is 7.39. The Morgan fingerprint density at radius 1 is 1.61 bits per heavy atom. The van der Waals surface area contributed by atoms with Gasteiger partial charge >= 0.3 is 0 Å². The van der Waals surface area contributed by atoms with Crippen molar-refractivity contribution < 1.29 is 9.21 Å². The van der Waals surface area contributed by atoms with Gasteiger partial charge in [-0.2, -0.15) is 10.2 Å². The van der Waals surface area contributed by atoms with E-state index in [-0.39, 0.29) is 12.5 Å². The van der Waals surface area contributed by atoms with Crippen LogP contribution < -0.4 is 5.43 Å². The second-order valence-corrected chi connectivity index (χ2v) is 4.35. The summed E-state index contributed by atoms with van der Waals surface area (Å²) in [6.07, 6.45) is 3.07. The molecule has 94 valence electrons. The largest absolute Gasteiger partial charge is 0.448 e. The molecular weight excluding hydrogens is 300 g/mol. The standard InChI is InChI=1S/C11H11BrN4O2/c1-8-4-5-14-16(8)7-11(17)15-13-6-9-2-3-10(12)18-9/h2-6H,7H2,1H3,(H,15,17)/b13-6-. The molecule has 0 radical (unpaired) electrons. The highest BCUT2D eigenvalue weighted by molar-refractivity contribution is 9.10. The molecule has 7 heteroatoms. The van der Waals surface area contributed by atoms with Crippen molar-refractivity contribution in [3.63, 3.8) is 0 Å². The van der Waals surface area contributed by atoms with Crippen LogP contribution in [-0.4, -0.2) is 21.9 Å². The molecule has 0 spiro atoms. The number of amides is 1. The molecule has 0 atom stereocenters. The van der Waals surface area contributed by atoms with Gasteiger partial charge in [0.2, 0.25) is 0 Å². The molecular formula is C11H11BrN4O2. The fraction of sp³-hybridized carbons (Fsp3) is 0.182. The van der Waals surface area contributed by atoms with Gasteiger partial charge in [-0.05, 0) is 41.1 Å². The maximum absolute atomic E-state index is 11.5. The zero-order valence-corrected chi connectivity index (χ0v) is 11.2.